The van der Waals surface area contributed by atoms with E-state index in [0.717, 1.165) is 5.57 Å². The molecular weight excluding hydrogens is 100 g/mol. The maximum absolute atomic E-state index is 3.63. The lowest BCUT2D eigenvalue weighted by molar-refractivity contribution is 1.24. The Morgan fingerprint density at radius 3 is 1.38 bits per heavy atom. The van der Waals surface area contributed by atoms with Gasteiger partial charge in [0.15, 0.2) is 0 Å². The molecule has 0 fully saturated rings. The summed E-state index contributed by atoms with van der Waals surface area (Å²) in [4.78, 5) is 0. The van der Waals surface area contributed by atoms with Crippen LogP contribution in [-0.2, 0) is 0 Å². The average molecular weight is 106 g/mol. The van der Waals surface area contributed by atoms with Gasteiger partial charge in [0.25, 0.3) is 0 Å². The predicted molar refractivity (Wildman–Crippen MR) is 32.3 cm³/mol. The summed E-state index contributed by atoms with van der Waals surface area (Å²) in [6.07, 6.45) is 0. The van der Waals surface area contributed by atoms with Crippen LogP contribution in [0, 0.1) is 0 Å². The molecule has 1 aliphatic rings. The molecule has 2 nitrogen and oxygen atoms in total. The van der Waals surface area contributed by atoms with Gasteiger partial charge in [-0.25, -0.2) is 0 Å². The first-order valence-electron chi connectivity index (χ1n) is 2.21. The second kappa shape index (κ2) is 1.40. The minimum atomic E-state index is 0.620. The van der Waals surface area contributed by atoms with E-state index in [9.17, 15) is 0 Å². The van der Waals surface area contributed by atoms with Crippen LogP contribution in [0.15, 0.2) is 46.9 Å². The second-order valence-corrected chi connectivity index (χ2v) is 1.57. The van der Waals surface area contributed by atoms with Gasteiger partial charge in [0, 0.05) is 5.57 Å². The fourth-order valence-electron chi connectivity index (χ4n) is 0.408. The van der Waals surface area contributed by atoms with Gasteiger partial charge in [-0.3, -0.25) is 0 Å². The molecule has 1 rings (SSSR count). The van der Waals surface area contributed by atoms with Crippen LogP contribution in [0.1, 0.15) is 0 Å². The number of hydrogen-bond donors (Lipinski definition) is 0. The first-order valence-corrected chi connectivity index (χ1v) is 2.21. The summed E-state index contributed by atoms with van der Waals surface area (Å²) < 4.78 is 0. The molecule has 0 spiro atoms. The summed E-state index contributed by atoms with van der Waals surface area (Å²) in [5, 5.41) is 7.26. The molecule has 40 valence electrons. The van der Waals surface area contributed by atoms with Crippen molar-refractivity contribution < 1.29 is 0 Å². The molecular formula is C6H6N2. The molecule has 0 unspecified atom stereocenters. The molecule has 0 radical (unpaired) electrons. The smallest absolute Gasteiger partial charge is 0.0873 e. The summed E-state index contributed by atoms with van der Waals surface area (Å²) in [6.45, 7) is 10.8. The highest BCUT2D eigenvalue weighted by Gasteiger charge is 2.08. The lowest BCUT2D eigenvalue weighted by Gasteiger charge is -1.86. The van der Waals surface area contributed by atoms with Gasteiger partial charge in [0.05, 0.1) is 11.4 Å². The second-order valence-electron chi connectivity index (χ2n) is 1.57. The third kappa shape index (κ3) is 0.503. The van der Waals surface area contributed by atoms with E-state index in [2.05, 4.69) is 30.0 Å². The summed E-state index contributed by atoms with van der Waals surface area (Å²) in [5.41, 5.74) is 1.98. The maximum atomic E-state index is 3.63. The molecule has 0 bridgehead atoms. The van der Waals surface area contributed by atoms with Gasteiger partial charge >= 0.3 is 0 Å². The minimum Gasteiger partial charge on any atom is -0.151 e. The Morgan fingerprint density at radius 2 is 1.25 bits per heavy atom. The lowest BCUT2D eigenvalue weighted by atomic mass is 10.2. The lowest BCUT2D eigenvalue weighted by Crippen LogP contribution is -1.73. The zero-order valence-electron chi connectivity index (χ0n) is 4.52. The van der Waals surface area contributed by atoms with Crippen molar-refractivity contribution in [2.75, 3.05) is 0 Å². The van der Waals surface area contributed by atoms with Crippen LogP contribution in [0.2, 0.25) is 0 Å². The molecule has 0 aromatic heterocycles. The van der Waals surface area contributed by atoms with Crippen molar-refractivity contribution in [3.8, 4) is 0 Å². The van der Waals surface area contributed by atoms with E-state index >= 15 is 0 Å². The molecule has 1 heterocycles. The van der Waals surface area contributed by atoms with E-state index in [4.69, 9.17) is 0 Å². The Kier molecular flexibility index (Phi) is 0.870. The van der Waals surface area contributed by atoms with Gasteiger partial charge in [-0.05, 0) is 0 Å². The van der Waals surface area contributed by atoms with Crippen LogP contribution in [-0.4, -0.2) is 0 Å². The Bertz CT molecular complexity index is 179. The molecule has 0 N–H and O–H groups in total. The van der Waals surface area contributed by atoms with E-state index in [1.54, 1.807) is 0 Å². The third-order valence-corrected chi connectivity index (χ3v) is 0.988. The highest BCUT2D eigenvalue weighted by Crippen LogP contribution is 2.23. The molecule has 0 atom stereocenters. The van der Waals surface area contributed by atoms with Gasteiger partial charge in [-0.2, -0.15) is 10.2 Å². The van der Waals surface area contributed by atoms with E-state index in [0.29, 0.717) is 11.4 Å². The highest BCUT2D eigenvalue weighted by molar-refractivity contribution is 5.43. The van der Waals surface area contributed by atoms with Crippen molar-refractivity contribution >= 4 is 0 Å². The summed E-state index contributed by atoms with van der Waals surface area (Å²) in [6, 6.07) is 0. The largest absolute Gasteiger partial charge is 0.151 e. The first-order chi connectivity index (χ1) is 3.72. The summed E-state index contributed by atoms with van der Waals surface area (Å²) in [7, 11) is 0. The van der Waals surface area contributed by atoms with Crippen molar-refractivity contribution in [1.29, 1.82) is 0 Å². The molecule has 8 heavy (non-hydrogen) atoms. The zero-order chi connectivity index (χ0) is 6.15. The molecule has 0 aliphatic carbocycles. The quantitative estimate of drug-likeness (QED) is 0.451. The van der Waals surface area contributed by atoms with Crippen LogP contribution >= 0.6 is 0 Å². The van der Waals surface area contributed by atoms with E-state index < -0.39 is 0 Å². The van der Waals surface area contributed by atoms with E-state index in [1.165, 1.54) is 0 Å². The minimum absolute atomic E-state index is 0.620. The van der Waals surface area contributed by atoms with Crippen LogP contribution < -0.4 is 0 Å². The Balaban J connectivity index is 3.02. The van der Waals surface area contributed by atoms with Gasteiger partial charge in [-0.1, -0.05) is 19.7 Å². The fourth-order valence-corrected chi connectivity index (χ4v) is 0.408. The molecule has 0 saturated carbocycles. The Hall–Kier alpha value is -1.18. The van der Waals surface area contributed by atoms with Gasteiger partial charge in [0.1, 0.15) is 0 Å². The molecule has 0 aromatic rings. The first kappa shape index (κ1) is 4.97. The Labute approximate surface area is 47.9 Å². The van der Waals surface area contributed by atoms with Crippen LogP contribution in [0.4, 0.5) is 0 Å². The van der Waals surface area contributed by atoms with E-state index in [-0.39, 0.29) is 0 Å². The van der Waals surface area contributed by atoms with Crippen LogP contribution in [0.5, 0.6) is 0 Å². The zero-order valence-corrected chi connectivity index (χ0v) is 4.52. The van der Waals surface area contributed by atoms with Crippen molar-refractivity contribution in [3.05, 3.63) is 36.7 Å². The van der Waals surface area contributed by atoms with Gasteiger partial charge in [-0.15, -0.1) is 0 Å². The van der Waals surface area contributed by atoms with Crippen LogP contribution in [0.25, 0.3) is 0 Å². The predicted octanol–water partition coefficient (Wildman–Crippen LogP) is 2.04. The molecule has 0 aromatic carbocycles. The van der Waals surface area contributed by atoms with Crippen molar-refractivity contribution in [3.63, 3.8) is 0 Å². The molecule has 1 aliphatic heterocycles. The van der Waals surface area contributed by atoms with Crippen LogP contribution in [0.3, 0.4) is 0 Å². The normalized spacial score (nSPS) is 18.2. The van der Waals surface area contributed by atoms with Gasteiger partial charge < -0.3 is 0 Å². The van der Waals surface area contributed by atoms with Crippen molar-refractivity contribution in [1.82, 2.24) is 0 Å². The van der Waals surface area contributed by atoms with Crippen molar-refractivity contribution in [2.24, 2.45) is 10.2 Å². The molecule has 0 amide bonds. The summed E-state index contributed by atoms with van der Waals surface area (Å²) in [5.74, 6) is 0. The number of rotatable bonds is 0. The fraction of sp³-hybridized carbons (Fsp3) is 0. The maximum Gasteiger partial charge on any atom is 0.0873 e. The molecule has 0 saturated heterocycles. The Morgan fingerprint density at radius 1 is 0.875 bits per heavy atom. The topological polar surface area (TPSA) is 24.7 Å². The number of azo groups is 1. The summed E-state index contributed by atoms with van der Waals surface area (Å²) >= 11 is 0. The van der Waals surface area contributed by atoms with Gasteiger partial charge in [0.2, 0.25) is 0 Å². The third-order valence-electron chi connectivity index (χ3n) is 0.988. The average Bonchev–Trinajstić information content (AvgIpc) is 1.98. The number of hydrogen-bond acceptors (Lipinski definition) is 2. The SMILES string of the molecule is C=C1N=NC(=C)C1=C. The number of nitrogens with zero attached hydrogens (tertiary/aromatic N) is 2. The highest BCUT2D eigenvalue weighted by atomic mass is 15.1. The molecule has 2 heteroatoms. The monoisotopic (exact) mass is 106 g/mol. The van der Waals surface area contributed by atoms with Crippen molar-refractivity contribution in [2.45, 2.75) is 0 Å². The van der Waals surface area contributed by atoms with E-state index in [1.807, 2.05) is 0 Å². The standard InChI is InChI=1S/C6H6N2/c1-4-5(2)7-8-6(4)3/h1-3H2.